The normalized spacial score (nSPS) is 14.4. The number of aliphatic hydroxyl groups excluding tert-OH is 1. The largest absolute Gasteiger partial charge is 0.393 e. The minimum absolute atomic E-state index is 0.0386. The van der Waals surface area contributed by atoms with Crippen molar-refractivity contribution in [2.45, 2.75) is 31.9 Å². The second-order valence-corrected chi connectivity index (χ2v) is 10.5. The molecule has 2 aromatic carbocycles. The lowest BCUT2D eigenvalue weighted by Crippen LogP contribution is -2.38. The second-order valence-electron chi connectivity index (χ2n) is 9.11. The first kappa shape index (κ1) is 24.7. The lowest BCUT2D eigenvalue weighted by Gasteiger charge is -2.33. The molecule has 1 fully saturated rings. The molecule has 8 heteroatoms. The number of aliphatic hydroxyl groups is 1. The molecule has 0 spiro atoms. The molecular formula is C28H27ClFN3O2S. The number of hydrogen-bond acceptors (Lipinski definition) is 5. The van der Waals surface area contributed by atoms with Gasteiger partial charge in [-0.25, -0.2) is 9.37 Å². The Morgan fingerprint density at radius 2 is 1.92 bits per heavy atom. The molecule has 4 aromatic rings. The number of hydrogen-bond donors (Lipinski definition) is 1. The van der Waals surface area contributed by atoms with E-state index in [4.69, 9.17) is 16.6 Å². The molecule has 0 unspecified atom stereocenters. The van der Waals surface area contributed by atoms with Crippen molar-refractivity contribution in [2.24, 2.45) is 0 Å². The van der Waals surface area contributed by atoms with Gasteiger partial charge in [0.15, 0.2) is 0 Å². The first-order chi connectivity index (χ1) is 17.5. The standard InChI is InChI=1S/C28H27ClFN3O2S/c29-22-6-5-20-16-21(27(31-25(20)17-22)32-13-10-24(34)11-14-32)18-33(28(35)26-2-1-15-36-26)12-9-19-3-7-23(30)8-4-19/h1-8,15-17,24,34H,9-14,18H2. The first-order valence-electron chi connectivity index (χ1n) is 12.1. The van der Waals surface area contributed by atoms with E-state index in [0.717, 1.165) is 27.8 Å². The van der Waals surface area contributed by atoms with Gasteiger partial charge in [-0.3, -0.25) is 4.79 Å². The number of carbonyl (C=O) groups is 1. The Bertz CT molecular complexity index is 1340. The zero-order chi connectivity index (χ0) is 25.1. The van der Waals surface area contributed by atoms with Crippen molar-refractivity contribution in [3.63, 3.8) is 0 Å². The Morgan fingerprint density at radius 1 is 1.14 bits per heavy atom. The zero-order valence-electron chi connectivity index (χ0n) is 19.7. The van der Waals surface area contributed by atoms with Crippen LogP contribution in [0.2, 0.25) is 5.02 Å². The zero-order valence-corrected chi connectivity index (χ0v) is 21.3. The maximum atomic E-state index is 13.5. The average molecular weight is 524 g/mol. The molecule has 186 valence electrons. The predicted molar refractivity (Wildman–Crippen MR) is 143 cm³/mol. The molecule has 1 N–H and O–H groups in total. The summed E-state index contributed by atoms with van der Waals surface area (Å²) in [4.78, 5) is 23.2. The fraction of sp³-hybridized carbons (Fsp3) is 0.286. The lowest BCUT2D eigenvalue weighted by atomic mass is 10.1. The van der Waals surface area contributed by atoms with Gasteiger partial charge in [0, 0.05) is 42.2 Å². The van der Waals surface area contributed by atoms with E-state index in [0.29, 0.717) is 55.3 Å². The third-order valence-electron chi connectivity index (χ3n) is 6.56. The summed E-state index contributed by atoms with van der Waals surface area (Å²) in [7, 11) is 0. The molecule has 1 amide bonds. The Labute approximate surface area is 218 Å². The van der Waals surface area contributed by atoms with Gasteiger partial charge in [-0.2, -0.15) is 0 Å². The van der Waals surface area contributed by atoms with Gasteiger partial charge in [-0.15, -0.1) is 11.3 Å². The minimum Gasteiger partial charge on any atom is -0.393 e. The van der Waals surface area contributed by atoms with Crippen LogP contribution < -0.4 is 4.90 Å². The van der Waals surface area contributed by atoms with E-state index in [1.807, 2.05) is 40.6 Å². The van der Waals surface area contributed by atoms with Crippen LogP contribution in [0.5, 0.6) is 0 Å². The molecule has 36 heavy (non-hydrogen) atoms. The van der Waals surface area contributed by atoms with Gasteiger partial charge in [0.05, 0.1) is 16.5 Å². The highest BCUT2D eigenvalue weighted by atomic mass is 35.5. The fourth-order valence-electron chi connectivity index (χ4n) is 4.57. The van der Waals surface area contributed by atoms with Gasteiger partial charge in [-0.1, -0.05) is 35.9 Å². The van der Waals surface area contributed by atoms with Crippen molar-refractivity contribution in [1.29, 1.82) is 0 Å². The SMILES string of the molecule is O=C(c1cccs1)N(CCc1ccc(F)cc1)Cc1cc2ccc(Cl)cc2nc1N1CCC(O)CC1. The molecule has 5 rings (SSSR count). The second kappa shape index (κ2) is 10.9. The summed E-state index contributed by atoms with van der Waals surface area (Å²) in [5, 5.41) is 13.5. The molecule has 3 heterocycles. The number of pyridine rings is 1. The van der Waals surface area contributed by atoms with E-state index in [9.17, 15) is 14.3 Å². The molecule has 5 nitrogen and oxygen atoms in total. The van der Waals surface area contributed by atoms with E-state index >= 15 is 0 Å². The molecule has 0 radical (unpaired) electrons. The highest BCUT2D eigenvalue weighted by Gasteiger charge is 2.24. The monoisotopic (exact) mass is 523 g/mol. The van der Waals surface area contributed by atoms with Crippen LogP contribution in [0.25, 0.3) is 10.9 Å². The van der Waals surface area contributed by atoms with Crippen LogP contribution in [0.1, 0.15) is 33.6 Å². The van der Waals surface area contributed by atoms with Gasteiger partial charge in [0.25, 0.3) is 5.91 Å². The maximum Gasteiger partial charge on any atom is 0.264 e. The maximum absolute atomic E-state index is 13.5. The van der Waals surface area contributed by atoms with E-state index in [1.54, 1.807) is 12.1 Å². The molecule has 0 bridgehead atoms. The van der Waals surface area contributed by atoms with Crippen molar-refractivity contribution in [2.75, 3.05) is 24.5 Å². The van der Waals surface area contributed by atoms with Gasteiger partial charge in [-0.05, 0) is 66.6 Å². The summed E-state index contributed by atoms with van der Waals surface area (Å²) in [5.41, 5.74) is 2.72. The fourth-order valence-corrected chi connectivity index (χ4v) is 5.43. The number of rotatable bonds is 7. The number of amides is 1. The quantitative estimate of drug-likeness (QED) is 0.326. The van der Waals surface area contributed by atoms with Crippen LogP contribution >= 0.6 is 22.9 Å². The van der Waals surface area contributed by atoms with Crippen LogP contribution in [-0.4, -0.2) is 46.6 Å². The van der Waals surface area contributed by atoms with Crippen LogP contribution in [0.3, 0.4) is 0 Å². The number of halogens is 2. The number of carbonyl (C=O) groups excluding carboxylic acids is 1. The highest BCUT2D eigenvalue weighted by molar-refractivity contribution is 7.12. The number of thiophene rings is 1. The lowest BCUT2D eigenvalue weighted by molar-refractivity contribution is 0.0750. The Morgan fingerprint density at radius 3 is 2.64 bits per heavy atom. The van der Waals surface area contributed by atoms with Crippen LogP contribution in [0.15, 0.2) is 66.0 Å². The summed E-state index contributed by atoms with van der Waals surface area (Å²) in [5.74, 6) is 0.509. The molecular weight excluding hydrogens is 497 g/mol. The van der Waals surface area contributed by atoms with Crippen molar-refractivity contribution >= 4 is 45.6 Å². The molecule has 0 atom stereocenters. The minimum atomic E-state index is -0.299. The summed E-state index contributed by atoms with van der Waals surface area (Å²) in [6.07, 6.45) is 1.67. The van der Waals surface area contributed by atoms with Crippen LogP contribution in [-0.2, 0) is 13.0 Å². The molecule has 1 aliphatic rings. The third-order valence-corrected chi connectivity index (χ3v) is 7.66. The Hall–Kier alpha value is -3.00. The molecule has 2 aromatic heterocycles. The summed E-state index contributed by atoms with van der Waals surface area (Å²) < 4.78 is 13.4. The average Bonchev–Trinajstić information content (AvgIpc) is 3.42. The molecule has 1 aliphatic heterocycles. The number of anilines is 1. The van der Waals surface area contributed by atoms with E-state index in [2.05, 4.69) is 11.0 Å². The van der Waals surface area contributed by atoms with Crippen molar-refractivity contribution in [3.05, 3.63) is 92.9 Å². The number of benzene rings is 2. The van der Waals surface area contributed by atoms with E-state index in [1.165, 1.54) is 23.5 Å². The molecule has 1 saturated heterocycles. The number of nitrogens with zero attached hydrogens (tertiary/aromatic N) is 3. The van der Waals surface area contributed by atoms with Crippen molar-refractivity contribution < 1.29 is 14.3 Å². The third kappa shape index (κ3) is 5.69. The van der Waals surface area contributed by atoms with Crippen molar-refractivity contribution in [3.8, 4) is 0 Å². The van der Waals surface area contributed by atoms with Gasteiger partial charge < -0.3 is 14.9 Å². The topological polar surface area (TPSA) is 56.7 Å². The van der Waals surface area contributed by atoms with Crippen molar-refractivity contribution in [1.82, 2.24) is 9.88 Å². The van der Waals surface area contributed by atoms with Crippen LogP contribution in [0, 0.1) is 5.82 Å². The Balaban J connectivity index is 1.49. The smallest absolute Gasteiger partial charge is 0.264 e. The number of aromatic nitrogens is 1. The van der Waals surface area contributed by atoms with Gasteiger partial charge in [0.1, 0.15) is 11.6 Å². The first-order valence-corrected chi connectivity index (χ1v) is 13.3. The summed E-state index contributed by atoms with van der Waals surface area (Å²) in [6.45, 7) is 2.26. The summed E-state index contributed by atoms with van der Waals surface area (Å²) in [6, 6.07) is 17.9. The van der Waals surface area contributed by atoms with E-state index in [-0.39, 0.29) is 17.8 Å². The molecule has 0 saturated carbocycles. The summed E-state index contributed by atoms with van der Waals surface area (Å²) >= 11 is 7.67. The predicted octanol–water partition coefficient (Wildman–Crippen LogP) is 5.94. The van der Waals surface area contributed by atoms with Gasteiger partial charge in [0.2, 0.25) is 0 Å². The number of fused-ring (bicyclic) bond motifs is 1. The Kier molecular flexibility index (Phi) is 7.51. The van der Waals surface area contributed by atoms with E-state index < -0.39 is 0 Å². The number of piperidine rings is 1. The highest BCUT2D eigenvalue weighted by Crippen LogP contribution is 2.29. The van der Waals surface area contributed by atoms with Crippen LogP contribution in [0.4, 0.5) is 10.2 Å². The molecule has 0 aliphatic carbocycles. The van der Waals surface area contributed by atoms with Gasteiger partial charge >= 0.3 is 0 Å².